The molecule has 0 amide bonds. The van der Waals surface area contributed by atoms with Crippen molar-refractivity contribution in [3.8, 4) is 0 Å². The number of hydrogen-bond donors (Lipinski definition) is 1. The first-order valence-electron chi connectivity index (χ1n) is 9.07. The van der Waals surface area contributed by atoms with Gasteiger partial charge in [-0.2, -0.15) is 0 Å². The minimum atomic E-state index is 0.445. The zero-order chi connectivity index (χ0) is 15.8. The Morgan fingerprint density at radius 1 is 0.905 bits per heavy atom. The molecule has 21 heavy (non-hydrogen) atoms. The number of hydrogen-bond acceptors (Lipinski definition) is 2. The Balaban J connectivity index is 2.05. The Morgan fingerprint density at radius 2 is 1.52 bits per heavy atom. The molecule has 0 radical (unpaired) electrons. The van der Waals surface area contributed by atoms with Crippen LogP contribution in [0.3, 0.4) is 0 Å². The lowest BCUT2D eigenvalue weighted by molar-refractivity contribution is 0.0526. The Labute approximate surface area is 132 Å². The second-order valence-corrected chi connectivity index (χ2v) is 9.79. The third-order valence-corrected chi connectivity index (χ3v) is 6.40. The van der Waals surface area contributed by atoms with Gasteiger partial charge in [-0.15, -0.1) is 0 Å². The van der Waals surface area contributed by atoms with Crippen LogP contribution in [0.25, 0.3) is 0 Å². The molecule has 2 aliphatic rings. The Bertz CT molecular complexity index is 336. The summed E-state index contributed by atoms with van der Waals surface area (Å²) in [6.07, 6.45) is 5.44. The number of nitrogens with zero attached hydrogens (tertiary/aromatic N) is 1. The van der Waals surface area contributed by atoms with Crippen LogP contribution in [0.4, 0.5) is 0 Å². The van der Waals surface area contributed by atoms with Gasteiger partial charge in [0.25, 0.3) is 0 Å². The molecular weight excluding hydrogens is 256 g/mol. The third kappa shape index (κ3) is 4.01. The summed E-state index contributed by atoms with van der Waals surface area (Å²) in [6, 6.07) is 0.736. The van der Waals surface area contributed by atoms with Crippen LogP contribution in [-0.4, -0.2) is 30.6 Å². The van der Waals surface area contributed by atoms with E-state index in [0.717, 1.165) is 30.3 Å². The summed E-state index contributed by atoms with van der Waals surface area (Å²) >= 11 is 0. The van der Waals surface area contributed by atoms with Crippen molar-refractivity contribution in [3.05, 3.63) is 0 Å². The van der Waals surface area contributed by atoms with Crippen LogP contribution >= 0.6 is 0 Å². The molecule has 1 aliphatic heterocycles. The highest BCUT2D eigenvalue weighted by Crippen LogP contribution is 2.43. The predicted octanol–water partition coefficient (Wildman–Crippen LogP) is 4.14. The second kappa shape index (κ2) is 6.20. The van der Waals surface area contributed by atoms with E-state index >= 15 is 0 Å². The average Bonchev–Trinajstić information content (AvgIpc) is 2.86. The monoisotopic (exact) mass is 294 g/mol. The highest BCUT2D eigenvalue weighted by atomic mass is 15.2. The van der Waals surface area contributed by atoms with E-state index in [2.05, 4.69) is 46.4 Å². The summed E-state index contributed by atoms with van der Waals surface area (Å²) in [5.41, 5.74) is 7.00. The van der Waals surface area contributed by atoms with Gasteiger partial charge in [0, 0.05) is 12.6 Å². The fourth-order valence-corrected chi connectivity index (χ4v) is 4.51. The van der Waals surface area contributed by atoms with Crippen LogP contribution in [0.1, 0.15) is 67.2 Å². The van der Waals surface area contributed by atoms with Gasteiger partial charge >= 0.3 is 0 Å². The number of rotatable bonds is 2. The van der Waals surface area contributed by atoms with Crippen molar-refractivity contribution in [2.24, 2.45) is 34.3 Å². The molecule has 1 saturated carbocycles. The van der Waals surface area contributed by atoms with E-state index in [-0.39, 0.29) is 0 Å². The summed E-state index contributed by atoms with van der Waals surface area (Å²) in [5, 5.41) is 0. The second-order valence-electron chi connectivity index (χ2n) is 9.79. The normalized spacial score (nSPS) is 36.1. The molecule has 2 N–H and O–H groups in total. The lowest BCUT2D eigenvalue weighted by Crippen LogP contribution is -2.48. The maximum absolute atomic E-state index is 6.11. The van der Waals surface area contributed by atoms with Crippen molar-refractivity contribution >= 4 is 0 Å². The summed E-state index contributed by atoms with van der Waals surface area (Å²) in [6.45, 7) is 17.9. The van der Waals surface area contributed by atoms with Crippen LogP contribution in [0.15, 0.2) is 0 Å². The van der Waals surface area contributed by atoms with Crippen molar-refractivity contribution in [3.63, 3.8) is 0 Å². The summed E-state index contributed by atoms with van der Waals surface area (Å²) in [7, 11) is 0. The number of nitrogens with two attached hydrogens (primary N) is 1. The molecular formula is C19H38N2. The van der Waals surface area contributed by atoms with Crippen LogP contribution in [0.5, 0.6) is 0 Å². The molecule has 1 saturated heterocycles. The fourth-order valence-electron chi connectivity index (χ4n) is 4.51. The van der Waals surface area contributed by atoms with Crippen LogP contribution in [0, 0.1) is 28.6 Å². The maximum Gasteiger partial charge on any atom is 0.0138 e. The lowest BCUT2D eigenvalue weighted by Gasteiger charge is -2.45. The maximum atomic E-state index is 6.11. The molecule has 2 fully saturated rings. The van der Waals surface area contributed by atoms with Crippen molar-refractivity contribution < 1.29 is 0 Å². The summed E-state index contributed by atoms with van der Waals surface area (Å²) in [5.74, 6) is 2.44. The smallest absolute Gasteiger partial charge is 0.0138 e. The quantitative estimate of drug-likeness (QED) is 0.829. The highest BCUT2D eigenvalue weighted by molar-refractivity contribution is 4.95. The molecule has 0 aromatic heterocycles. The minimum absolute atomic E-state index is 0.445. The predicted molar refractivity (Wildman–Crippen MR) is 92.3 cm³/mol. The van der Waals surface area contributed by atoms with Crippen molar-refractivity contribution in [2.75, 3.05) is 19.6 Å². The van der Waals surface area contributed by atoms with Crippen LogP contribution in [-0.2, 0) is 0 Å². The van der Waals surface area contributed by atoms with Crippen LogP contribution in [0.2, 0.25) is 0 Å². The SMILES string of the molecule is CC(C)(C)C1CCC(CN)C(N2CCC(C(C)(C)C)C2)C1. The van der Waals surface area contributed by atoms with Crippen molar-refractivity contribution in [1.82, 2.24) is 4.90 Å². The van der Waals surface area contributed by atoms with E-state index in [1.807, 2.05) is 0 Å². The molecule has 0 bridgehead atoms. The van der Waals surface area contributed by atoms with E-state index in [1.54, 1.807) is 0 Å². The number of likely N-dealkylation sites (tertiary alicyclic amines) is 1. The molecule has 0 aromatic rings. The highest BCUT2D eigenvalue weighted by Gasteiger charge is 2.41. The van der Waals surface area contributed by atoms with Gasteiger partial charge in [-0.25, -0.2) is 0 Å². The van der Waals surface area contributed by atoms with Gasteiger partial charge in [0.1, 0.15) is 0 Å². The first kappa shape index (κ1) is 17.3. The molecule has 4 atom stereocenters. The average molecular weight is 295 g/mol. The Kier molecular flexibility index (Phi) is 5.10. The van der Waals surface area contributed by atoms with Gasteiger partial charge in [0.05, 0.1) is 0 Å². The lowest BCUT2D eigenvalue weighted by atomic mass is 9.67. The third-order valence-electron chi connectivity index (χ3n) is 6.40. The molecule has 1 aliphatic carbocycles. The Morgan fingerprint density at radius 3 is 2.00 bits per heavy atom. The molecule has 1 heterocycles. The molecule has 0 spiro atoms. The zero-order valence-electron chi connectivity index (χ0n) is 15.3. The molecule has 2 rings (SSSR count). The Hall–Kier alpha value is -0.0800. The molecule has 124 valence electrons. The first-order valence-corrected chi connectivity index (χ1v) is 9.07. The summed E-state index contributed by atoms with van der Waals surface area (Å²) < 4.78 is 0. The largest absolute Gasteiger partial charge is 0.330 e. The zero-order valence-corrected chi connectivity index (χ0v) is 15.3. The standard InChI is InChI=1S/C19H38N2/c1-18(2,3)15-8-7-14(12-20)17(11-15)21-10-9-16(13-21)19(4,5)6/h14-17H,7-13,20H2,1-6H3. The van der Waals surface area contributed by atoms with E-state index in [0.29, 0.717) is 10.8 Å². The van der Waals surface area contributed by atoms with E-state index in [1.165, 1.54) is 38.8 Å². The van der Waals surface area contributed by atoms with Gasteiger partial charge in [-0.1, -0.05) is 41.5 Å². The van der Waals surface area contributed by atoms with Crippen LogP contribution < -0.4 is 5.73 Å². The molecule has 0 aromatic carbocycles. The van der Waals surface area contributed by atoms with E-state index < -0.39 is 0 Å². The van der Waals surface area contributed by atoms with E-state index in [9.17, 15) is 0 Å². The van der Waals surface area contributed by atoms with Gasteiger partial charge in [0.2, 0.25) is 0 Å². The van der Waals surface area contributed by atoms with Crippen molar-refractivity contribution in [1.29, 1.82) is 0 Å². The van der Waals surface area contributed by atoms with Gasteiger partial charge < -0.3 is 5.73 Å². The molecule has 4 unspecified atom stereocenters. The van der Waals surface area contributed by atoms with Gasteiger partial charge in [0.15, 0.2) is 0 Å². The van der Waals surface area contributed by atoms with Gasteiger partial charge in [-0.05, 0) is 67.4 Å². The van der Waals surface area contributed by atoms with Crippen molar-refractivity contribution in [2.45, 2.75) is 73.3 Å². The van der Waals surface area contributed by atoms with E-state index in [4.69, 9.17) is 5.73 Å². The summed E-state index contributed by atoms with van der Waals surface area (Å²) in [4.78, 5) is 2.80. The topological polar surface area (TPSA) is 29.3 Å². The van der Waals surface area contributed by atoms with Gasteiger partial charge in [-0.3, -0.25) is 4.90 Å². The minimum Gasteiger partial charge on any atom is -0.330 e. The molecule has 2 heteroatoms. The first-order chi connectivity index (χ1) is 9.63. The fraction of sp³-hybridized carbons (Fsp3) is 1.00. The molecule has 2 nitrogen and oxygen atoms in total.